The van der Waals surface area contributed by atoms with Crippen molar-refractivity contribution in [3.63, 3.8) is 0 Å². The summed E-state index contributed by atoms with van der Waals surface area (Å²) in [7, 11) is 0. The van der Waals surface area contributed by atoms with Crippen LogP contribution in [0.5, 0.6) is 0 Å². The van der Waals surface area contributed by atoms with Crippen molar-refractivity contribution in [1.82, 2.24) is 10.3 Å². The number of hydrogen-bond acceptors (Lipinski definition) is 6. The summed E-state index contributed by atoms with van der Waals surface area (Å²) in [6.45, 7) is 4.09. The maximum atomic E-state index is 12.8. The van der Waals surface area contributed by atoms with E-state index in [1.165, 1.54) is 6.07 Å². The van der Waals surface area contributed by atoms with E-state index in [4.69, 9.17) is 20.6 Å². The molecule has 7 nitrogen and oxygen atoms in total. The minimum atomic E-state index is -0.634. The maximum absolute atomic E-state index is 12.8. The number of nitrogens with zero attached hydrogens (tertiary/aromatic N) is 2. The standard InChI is InChI=1S/C22H18ClN3O4/c1-3-12-5-6-13(4-2)15(9-12)20-21(26-30-25-20)24-22(28)19-11-17(27)16-10-14(23)7-8-18(16)29-19/h5-11H,3-4H2,1-2H3,(H,24,26,28). The van der Waals surface area contributed by atoms with Crippen LogP contribution >= 0.6 is 11.6 Å². The largest absolute Gasteiger partial charge is 0.451 e. The number of amides is 1. The summed E-state index contributed by atoms with van der Waals surface area (Å²) in [5.74, 6) is -0.630. The van der Waals surface area contributed by atoms with Crippen LogP contribution in [-0.4, -0.2) is 16.2 Å². The molecule has 0 fully saturated rings. The average Bonchev–Trinajstić information content (AvgIpc) is 3.21. The van der Waals surface area contributed by atoms with Crippen LogP contribution in [0.1, 0.15) is 35.5 Å². The van der Waals surface area contributed by atoms with Crippen molar-refractivity contribution < 1.29 is 13.8 Å². The third-order valence-corrected chi connectivity index (χ3v) is 5.09. The van der Waals surface area contributed by atoms with E-state index in [0.29, 0.717) is 16.1 Å². The van der Waals surface area contributed by atoms with Crippen molar-refractivity contribution >= 4 is 34.3 Å². The van der Waals surface area contributed by atoms with Gasteiger partial charge in [0, 0.05) is 16.7 Å². The maximum Gasteiger partial charge on any atom is 0.292 e. The highest BCUT2D eigenvalue weighted by molar-refractivity contribution is 6.31. The van der Waals surface area contributed by atoms with Crippen LogP contribution in [0.15, 0.2) is 56.3 Å². The van der Waals surface area contributed by atoms with Crippen molar-refractivity contribution in [3.05, 3.63) is 74.6 Å². The van der Waals surface area contributed by atoms with Crippen LogP contribution < -0.4 is 10.7 Å². The molecule has 2 heterocycles. The van der Waals surface area contributed by atoms with E-state index < -0.39 is 5.91 Å². The molecule has 0 aliphatic carbocycles. The van der Waals surface area contributed by atoms with E-state index in [-0.39, 0.29) is 22.6 Å². The smallest absolute Gasteiger partial charge is 0.292 e. The van der Waals surface area contributed by atoms with E-state index in [1.807, 2.05) is 19.1 Å². The molecule has 30 heavy (non-hydrogen) atoms. The van der Waals surface area contributed by atoms with Gasteiger partial charge in [-0.05, 0) is 58.5 Å². The van der Waals surface area contributed by atoms with Crippen molar-refractivity contribution in [1.29, 1.82) is 0 Å². The molecule has 4 rings (SSSR count). The lowest BCUT2D eigenvalue weighted by atomic mass is 9.98. The molecule has 1 amide bonds. The molecule has 1 N–H and O–H groups in total. The Hall–Kier alpha value is -3.45. The van der Waals surface area contributed by atoms with Crippen LogP contribution in [0, 0.1) is 0 Å². The fourth-order valence-corrected chi connectivity index (χ4v) is 3.40. The Bertz CT molecular complexity index is 1310. The third-order valence-electron chi connectivity index (χ3n) is 4.85. The highest BCUT2D eigenvalue weighted by Gasteiger charge is 2.20. The van der Waals surface area contributed by atoms with Gasteiger partial charge in [-0.2, -0.15) is 0 Å². The predicted octanol–water partition coefficient (Wildman–Crippen LogP) is 4.87. The summed E-state index contributed by atoms with van der Waals surface area (Å²) in [4.78, 5) is 25.1. The number of benzene rings is 2. The van der Waals surface area contributed by atoms with Crippen molar-refractivity contribution in [2.45, 2.75) is 26.7 Å². The molecule has 8 heteroatoms. The van der Waals surface area contributed by atoms with Gasteiger partial charge in [0.2, 0.25) is 5.82 Å². The third kappa shape index (κ3) is 3.71. The second-order valence-corrected chi connectivity index (χ2v) is 7.17. The minimum Gasteiger partial charge on any atom is -0.451 e. The molecule has 2 aromatic heterocycles. The van der Waals surface area contributed by atoms with Crippen LogP contribution in [0.25, 0.3) is 22.2 Å². The lowest BCUT2D eigenvalue weighted by molar-refractivity contribution is 0.0996. The Balaban J connectivity index is 1.70. The van der Waals surface area contributed by atoms with Gasteiger partial charge in [-0.25, -0.2) is 4.63 Å². The first-order valence-corrected chi connectivity index (χ1v) is 9.87. The lowest BCUT2D eigenvalue weighted by Crippen LogP contribution is -2.15. The zero-order valence-electron chi connectivity index (χ0n) is 16.4. The zero-order chi connectivity index (χ0) is 21.3. The highest BCUT2D eigenvalue weighted by atomic mass is 35.5. The summed E-state index contributed by atoms with van der Waals surface area (Å²) in [6, 6.07) is 11.8. The molecule has 2 aromatic carbocycles. The summed E-state index contributed by atoms with van der Waals surface area (Å²) < 4.78 is 10.5. The Labute approximate surface area is 176 Å². The van der Waals surface area contributed by atoms with E-state index >= 15 is 0 Å². The van der Waals surface area contributed by atoms with Crippen LogP contribution in [0.4, 0.5) is 5.82 Å². The minimum absolute atomic E-state index is 0.151. The molecule has 152 valence electrons. The molecule has 0 atom stereocenters. The molecule has 4 aromatic rings. The van der Waals surface area contributed by atoms with Gasteiger partial charge in [-0.3, -0.25) is 14.9 Å². The van der Waals surface area contributed by atoms with Crippen molar-refractivity contribution in [2.24, 2.45) is 0 Å². The predicted molar refractivity (Wildman–Crippen MR) is 114 cm³/mol. The molecular weight excluding hydrogens is 406 g/mol. The fraction of sp³-hybridized carbons (Fsp3) is 0.182. The summed E-state index contributed by atoms with van der Waals surface area (Å²) >= 11 is 5.92. The second-order valence-electron chi connectivity index (χ2n) is 6.73. The molecular formula is C22H18ClN3O4. The van der Waals surface area contributed by atoms with Gasteiger partial charge in [0.25, 0.3) is 5.91 Å². The summed E-state index contributed by atoms with van der Waals surface area (Å²) in [5, 5.41) is 11.2. The SMILES string of the molecule is CCc1ccc(CC)c(-c2nonc2NC(=O)c2cc(=O)c3cc(Cl)ccc3o2)c1. The van der Waals surface area contributed by atoms with Gasteiger partial charge in [0.15, 0.2) is 16.9 Å². The number of aromatic nitrogens is 2. The van der Waals surface area contributed by atoms with Gasteiger partial charge in [-0.1, -0.05) is 37.6 Å². The number of halogens is 1. The van der Waals surface area contributed by atoms with Gasteiger partial charge < -0.3 is 4.42 Å². The molecule has 0 saturated heterocycles. The van der Waals surface area contributed by atoms with Gasteiger partial charge in [0.1, 0.15) is 5.58 Å². The molecule has 0 bridgehead atoms. The van der Waals surface area contributed by atoms with E-state index in [1.54, 1.807) is 12.1 Å². The van der Waals surface area contributed by atoms with Gasteiger partial charge in [0.05, 0.1) is 5.39 Å². The molecule has 0 radical (unpaired) electrons. The molecule has 0 saturated carbocycles. The molecule has 0 aliphatic rings. The van der Waals surface area contributed by atoms with E-state index in [2.05, 4.69) is 28.6 Å². The van der Waals surface area contributed by atoms with Crippen LogP contribution in [0.2, 0.25) is 5.02 Å². The number of fused-ring (bicyclic) bond motifs is 1. The number of rotatable bonds is 5. The van der Waals surface area contributed by atoms with Gasteiger partial charge in [-0.15, -0.1) is 0 Å². The first-order chi connectivity index (χ1) is 14.5. The average molecular weight is 424 g/mol. The fourth-order valence-electron chi connectivity index (χ4n) is 3.23. The van der Waals surface area contributed by atoms with E-state index in [0.717, 1.165) is 35.6 Å². The van der Waals surface area contributed by atoms with Gasteiger partial charge >= 0.3 is 0 Å². The van der Waals surface area contributed by atoms with Crippen LogP contribution in [0.3, 0.4) is 0 Å². The Kier molecular flexibility index (Phi) is 5.37. The number of nitrogens with one attached hydrogen (secondary N) is 1. The normalized spacial score (nSPS) is 11.0. The number of carbonyl (C=O) groups is 1. The number of anilines is 1. The van der Waals surface area contributed by atoms with E-state index in [9.17, 15) is 9.59 Å². The van der Waals surface area contributed by atoms with Crippen LogP contribution in [-0.2, 0) is 12.8 Å². The lowest BCUT2D eigenvalue weighted by Gasteiger charge is -2.09. The first-order valence-electron chi connectivity index (χ1n) is 9.49. The van der Waals surface area contributed by atoms with Crippen molar-refractivity contribution in [2.75, 3.05) is 5.32 Å². The summed E-state index contributed by atoms with van der Waals surface area (Å²) in [6.07, 6.45) is 1.64. The second kappa shape index (κ2) is 8.12. The Morgan fingerprint density at radius 2 is 1.90 bits per heavy atom. The number of hydrogen-bond donors (Lipinski definition) is 1. The molecule has 0 unspecified atom stereocenters. The number of aryl methyl sites for hydroxylation is 2. The highest BCUT2D eigenvalue weighted by Crippen LogP contribution is 2.30. The molecule has 0 aliphatic heterocycles. The Morgan fingerprint density at radius 3 is 2.67 bits per heavy atom. The summed E-state index contributed by atoms with van der Waals surface area (Å²) in [5.41, 5.74) is 3.33. The first kappa shape index (κ1) is 19.8. The molecule has 0 spiro atoms. The number of carbonyl (C=O) groups excluding carboxylic acids is 1. The Morgan fingerprint density at radius 1 is 1.07 bits per heavy atom. The monoisotopic (exact) mass is 423 g/mol. The quantitative estimate of drug-likeness (QED) is 0.491. The van der Waals surface area contributed by atoms with Crippen molar-refractivity contribution in [3.8, 4) is 11.3 Å². The topological polar surface area (TPSA) is 98.2 Å². The zero-order valence-corrected chi connectivity index (χ0v) is 17.1.